The molecule has 1 aromatic rings. The summed E-state index contributed by atoms with van der Waals surface area (Å²) in [7, 11) is 0. The van der Waals surface area contributed by atoms with Crippen molar-refractivity contribution in [2.75, 3.05) is 18.6 Å². The lowest BCUT2D eigenvalue weighted by Crippen LogP contribution is -2.69. The minimum atomic E-state index is -0.458. The molecular formula is C15H19ClN2OS2. The van der Waals surface area contributed by atoms with E-state index in [1.165, 1.54) is 0 Å². The highest BCUT2D eigenvalue weighted by atomic mass is 35.5. The van der Waals surface area contributed by atoms with Gasteiger partial charge in [0.25, 0.3) is 0 Å². The molecule has 6 heteroatoms. The third-order valence-corrected chi connectivity index (χ3v) is 5.79. The summed E-state index contributed by atoms with van der Waals surface area (Å²) in [5, 5.41) is 4.90. The number of benzene rings is 1. The molecule has 3 atom stereocenters. The number of nitrogens with one attached hydrogen (secondary N) is 1. The van der Waals surface area contributed by atoms with Gasteiger partial charge >= 0.3 is 0 Å². The summed E-state index contributed by atoms with van der Waals surface area (Å²) in [5.41, 5.74) is 0.639. The van der Waals surface area contributed by atoms with Gasteiger partial charge in [-0.05, 0) is 31.5 Å². The standard InChI is InChI=1S/C15H19ClN2OS2/c1-9-12-10-5-4-6-11(16)13(10)19-15(9,2)18(7-8-21-3)14(20)17-12/h4-6,9,12H,7-8H2,1-3H3,(H,17,20). The van der Waals surface area contributed by atoms with Gasteiger partial charge in [-0.1, -0.05) is 30.7 Å². The van der Waals surface area contributed by atoms with Gasteiger partial charge in [-0.2, -0.15) is 11.8 Å². The van der Waals surface area contributed by atoms with Crippen LogP contribution in [0.5, 0.6) is 5.75 Å². The number of halogens is 1. The number of thiocarbonyl (C=S) groups is 1. The zero-order chi connectivity index (χ0) is 15.2. The number of para-hydroxylation sites is 1. The maximum atomic E-state index is 6.37. The van der Waals surface area contributed by atoms with Crippen molar-refractivity contribution in [2.24, 2.45) is 5.92 Å². The Labute approximate surface area is 140 Å². The fraction of sp³-hybridized carbons (Fsp3) is 0.533. The van der Waals surface area contributed by atoms with Crippen molar-refractivity contribution < 1.29 is 4.74 Å². The van der Waals surface area contributed by atoms with Gasteiger partial charge < -0.3 is 15.0 Å². The summed E-state index contributed by atoms with van der Waals surface area (Å²) >= 11 is 13.7. The number of thioether (sulfide) groups is 1. The highest BCUT2D eigenvalue weighted by Crippen LogP contribution is 2.49. The van der Waals surface area contributed by atoms with Crippen molar-refractivity contribution in [3.63, 3.8) is 0 Å². The van der Waals surface area contributed by atoms with Gasteiger partial charge in [0.05, 0.1) is 11.1 Å². The second kappa shape index (κ2) is 5.52. The van der Waals surface area contributed by atoms with E-state index in [0.29, 0.717) is 5.02 Å². The van der Waals surface area contributed by atoms with Crippen LogP contribution in [-0.4, -0.2) is 34.3 Å². The second-order valence-electron chi connectivity index (χ2n) is 5.68. The fourth-order valence-electron chi connectivity index (χ4n) is 3.18. The average Bonchev–Trinajstić information content (AvgIpc) is 2.44. The number of rotatable bonds is 3. The van der Waals surface area contributed by atoms with E-state index in [1.807, 2.05) is 12.1 Å². The summed E-state index contributed by atoms with van der Waals surface area (Å²) in [6.07, 6.45) is 2.10. The number of hydrogen-bond acceptors (Lipinski definition) is 3. The zero-order valence-corrected chi connectivity index (χ0v) is 14.7. The maximum absolute atomic E-state index is 6.37. The van der Waals surface area contributed by atoms with Gasteiger partial charge in [-0.25, -0.2) is 0 Å². The predicted octanol–water partition coefficient (Wildman–Crippen LogP) is 3.68. The summed E-state index contributed by atoms with van der Waals surface area (Å²) in [6.45, 7) is 5.18. The molecule has 0 amide bonds. The molecule has 2 bridgehead atoms. The van der Waals surface area contributed by atoms with Crippen LogP contribution in [0.2, 0.25) is 5.02 Å². The largest absolute Gasteiger partial charge is 0.466 e. The van der Waals surface area contributed by atoms with Crippen LogP contribution in [-0.2, 0) is 0 Å². The Balaban J connectivity index is 2.05. The van der Waals surface area contributed by atoms with Crippen LogP contribution in [0.15, 0.2) is 18.2 Å². The molecule has 2 heterocycles. The molecule has 1 N–H and O–H groups in total. The van der Waals surface area contributed by atoms with E-state index in [2.05, 4.69) is 36.4 Å². The number of nitrogens with zero attached hydrogens (tertiary/aromatic N) is 1. The van der Waals surface area contributed by atoms with Crippen molar-refractivity contribution in [3.8, 4) is 5.75 Å². The second-order valence-corrected chi connectivity index (χ2v) is 7.45. The molecule has 0 radical (unpaired) electrons. The number of ether oxygens (including phenoxy) is 1. The molecule has 1 fully saturated rings. The molecule has 114 valence electrons. The summed E-state index contributed by atoms with van der Waals surface area (Å²) < 4.78 is 6.37. The molecule has 1 aromatic carbocycles. The van der Waals surface area contributed by atoms with E-state index in [9.17, 15) is 0 Å². The highest BCUT2D eigenvalue weighted by molar-refractivity contribution is 7.98. The Morgan fingerprint density at radius 2 is 2.29 bits per heavy atom. The summed E-state index contributed by atoms with van der Waals surface area (Å²) in [5.74, 6) is 2.07. The van der Waals surface area contributed by atoms with E-state index in [4.69, 9.17) is 28.6 Å². The minimum Gasteiger partial charge on any atom is -0.466 e. The lowest BCUT2D eigenvalue weighted by atomic mass is 9.81. The summed E-state index contributed by atoms with van der Waals surface area (Å²) in [4.78, 5) is 2.16. The van der Waals surface area contributed by atoms with E-state index in [1.54, 1.807) is 11.8 Å². The molecule has 0 aromatic heterocycles. The molecular weight excluding hydrogens is 324 g/mol. The van der Waals surface area contributed by atoms with Crippen molar-refractivity contribution in [1.82, 2.24) is 10.2 Å². The molecule has 2 aliphatic rings. The zero-order valence-electron chi connectivity index (χ0n) is 12.4. The van der Waals surface area contributed by atoms with Crippen molar-refractivity contribution >= 4 is 40.7 Å². The topological polar surface area (TPSA) is 24.5 Å². The Bertz CT molecular complexity index is 583. The monoisotopic (exact) mass is 342 g/mol. The molecule has 21 heavy (non-hydrogen) atoms. The lowest BCUT2D eigenvalue weighted by Gasteiger charge is -2.56. The third-order valence-electron chi connectivity index (χ3n) is 4.57. The molecule has 0 saturated carbocycles. The van der Waals surface area contributed by atoms with Gasteiger partial charge in [0.15, 0.2) is 10.8 Å². The molecule has 0 aliphatic carbocycles. The molecule has 1 saturated heterocycles. The predicted molar refractivity (Wildman–Crippen MR) is 93.2 cm³/mol. The Hall–Kier alpha value is -0.650. The van der Waals surface area contributed by atoms with E-state index in [0.717, 1.165) is 28.7 Å². The normalized spacial score (nSPS) is 30.5. The molecule has 3 rings (SSSR count). The number of fused-ring (bicyclic) bond motifs is 4. The van der Waals surface area contributed by atoms with Crippen LogP contribution in [0.25, 0.3) is 0 Å². The van der Waals surface area contributed by atoms with Crippen LogP contribution >= 0.6 is 35.6 Å². The van der Waals surface area contributed by atoms with Gasteiger partial charge in [0, 0.05) is 23.8 Å². The van der Waals surface area contributed by atoms with Gasteiger partial charge in [-0.15, -0.1) is 0 Å². The summed E-state index contributed by atoms with van der Waals surface area (Å²) in [6, 6.07) is 6.05. The number of hydrogen-bond donors (Lipinski definition) is 1. The Morgan fingerprint density at radius 1 is 1.52 bits per heavy atom. The first-order valence-electron chi connectivity index (χ1n) is 7.03. The first kappa shape index (κ1) is 15.3. The van der Waals surface area contributed by atoms with Crippen LogP contribution in [0, 0.1) is 5.92 Å². The molecule has 3 nitrogen and oxygen atoms in total. The Morgan fingerprint density at radius 3 is 3.00 bits per heavy atom. The third kappa shape index (κ3) is 2.30. The molecule has 3 unspecified atom stereocenters. The van der Waals surface area contributed by atoms with Crippen molar-refractivity contribution in [3.05, 3.63) is 28.8 Å². The van der Waals surface area contributed by atoms with E-state index in [-0.39, 0.29) is 12.0 Å². The first-order valence-corrected chi connectivity index (χ1v) is 9.21. The van der Waals surface area contributed by atoms with Crippen molar-refractivity contribution in [2.45, 2.75) is 25.6 Å². The Kier molecular flexibility index (Phi) is 4.01. The fourth-order valence-corrected chi connectivity index (χ4v) is 4.16. The lowest BCUT2D eigenvalue weighted by molar-refractivity contribution is -0.108. The van der Waals surface area contributed by atoms with Crippen LogP contribution < -0.4 is 10.1 Å². The van der Waals surface area contributed by atoms with Crippen LogP contribution in [0.1, 0.15) is 25.5 Å². The SMILES string of the molecule is CSCCN1C(=S)NC2c3cccc(Cl)c3OC1(C)C2C. The van der Waals surface area contributed by atoms with Gasteiger partial charge in [0.2, 0.25) is 0 Å². The van der Waals surface area contributed by atoms with Crippen LogP contribution in [0.4, 0.5) is 0 Å². The van der Waals surface area contributed by atoms with Crippen molar-refractivity contribution in [1.29, 1.82) is 0 Å². The smallest absolute Gasteiger partial charge is 0.186 e. The molecule has 0 spiro atoms. The molecule has 2 aliphatic heterocycles. The van der Waals surface area contributed by atoms with E-state index >= 15 is 0 Å². The quantitative estimate of drug-likeness (QED) is 0.845. The highest BCUT2D eigenvalue weighted by Gasteiger charge is 2.53. The van der Waals surface area contributed by atoms with Gasteiger partial charge in [0.1, 0.15) is 5.75 Å². The average molecular weight is 343 g/mol. The minimum absolute atomic E-state index is 0.149. The van der Waals surface area contributed by atoms with Crippen LogP contribution in [0.3, 0.4) is 0 Å². The van der Waals surface area contributed by atoms with E-state index < -0.39 is 5.72 Å². The van der Waals surface area contributed by atoms with Gasteiger partial charge in [-0.3, -0.25) is 0 Å². The maximum Gasteiger partial charge on any atom is 0.186 e. The first-order chi connectivity index (χ1) is 9.99.